The van der Waals surface area contributed by atoms with Crippen molar-refractivity contribution < 1.29 is 9.53 Å². The number of carbonyl (C=O) groups is 1. The summed E-state index contributed by atoms with van der Waals surface area (Å²) < 4.78 is 8.95. The molecule has 1 aliphatic carbocycles. The van der Waals surface area contributed by atoms with E-state index in [0.717, 1.165) is 5.69 Å². The molecule has 27 heavy (non-hydrogen) atoms. The summed E-state index contributed by atoms with van der Waals surface area (Å²) in [7, 11) is 1.79. The molecule has 0 spiro atoms. The maximum atomic E-state index is 13.0. The summed E-state index contributed by atoms with van der Waals surface area (Å²) in [6.07, 6.45) is 0.356. The molecule has 7 heteroatoms. The molecule has 2 unspecified atom stereocenters. The second-order valence-corrected chi connectivity index (χ2v) is 7.73. The van der Waals surface area contributed by atoms with Gasteiger partial charge in [0.05, 0.1) is 17.5 Å². The van der Waals surface area contributed by atoms with Gasteiger partial charge in [0.15, 0.2) is 0 Å². The lowest BCUT2D eigenvalue weighted by atomic mass is 9.54. The minimum Gasteiger partial charge on any atom is -0.378 e. The number of ether oxygens (including phenoxy) is 1. The van der Waals surface area contributed by atoms with E-state index in [-0.39, 0.29) is 23.3 Å². The van der Waals surface area contributed by atoms with Gasteiger partial charge in [0.1, 0.15) is 11.2 Å². The van der Waals surface area contributed by atoms with Gasteiger partial charge in [0.2, 0.25) is 5.91 Å². The van der Waals surface area contributed by atoms with Crippen molar-refractivity contribution in [2.24, 2.45) is 18.2 Å². The highest BCUT2D eigenvalue weighted by molar-refractivity contribution is 6.00. The van der Waals surface area contributed by atoms with E-state index >= 15 is 0 Å². The van der Waals surface area contributed by atoms with E-state index in [1.807, 2.05) is 51.1 Å². The Balaban J connectivity index is 1.91. The molecule has 1 fully saturated rings. The van der Waals surface area contributed by atoms with E-state index in [2.05, 4.69) is 5.32 Å². The average Bonchev–Trinajstić information content (AvgIpc) is 2.85. The van der Waals surface area contributed by atoms with Gasteiger partial charge >= 0.3 is 0 Å². The van der Waals surface area contributed by atoms with Crippen molar-refractivity contribution in [2.75, 3.05) is 11.9 Å². The first kappa shape index (κ1) is 19.4. The number of aromatic nitrogens is 2. The Morgan fingerprint density at radius 1 is 1.33 bits per heavy atom. The number of nitrogens with two attached hydrogens (primary N) is 1. The van der Waals surface area contributed by atoms with Gasteiger partial charge < -0.3 is 15.8 Å². The summed E-state index contributed by atoms with van der Waals surface area (Å²) in [5.41, 5.74) is 6.21. The quantitative estimate of drug-likeness (QED) is 0.839. The second-order valence-electron chi connectivity index (χ2n) is 7.73. The molecule has 1 aromatic heterocycles. The van der Waals surface area contributed by atoms with Gasteiger partial charge in [-0.2, -0.15) is 0 Å². The third-order valence-corrected chi connectivity index (χ3v) is 6.03. The molecule has 3 rings (SSSR count). The van der Waals surface area contributed by atoms with Gasteiger partial charge in [0, 0.05) is 25.5 Å². The lowest BCUT2D eigenvalue weighted by molar-refractivity contribution is -0.166. The lowest BCUT2D eigenvalue weighted by Crippen LogP contribution is -2.74. The molecule has 1 aromatic carbocycles. The Kier molecular flexibility index (Phi) is 4.78. The van der Waals surface area contributed by atoms with E-state index in [9.17, 15) is 9.59 Å². The summed E-state index contributed by atoms with van der Waals surface area (Å²) in [6, 6.07) is 9.31. The Morgan fingerprint density at radius 2 is 1.96 bits per heavy atom. The molecule has 0 aliphatic heterocycles. The summed E-state index contributed by atoms with van der Waals surface area (Å²) in [5, 5.41) is 2.80. The molecule has 1 heterocycles. The van der Waals surface area contributed by atoms with E-state index < -0.39 is 11.0 Å². The summed E-state index contributed by atoms with van der Waals surface area (Å²) in [5.74, 6) is -0.352. The molecular formula is C20H28N4O3. The highest BCUT2D eigenvalue weighted by Gasteiger charge is 2.63. The van der Waals surface area contributed by atoms with Crippen LogP contribution in [0, 0.1) is 12.3 Å². The lowest BCUT2D eigenvalue weighted by Gasteiger charge is -2.57. The zero-order valence-electron chi connectivity index (χ0n) is 16.6. The minimum absolute atomic E-state index is 0.0731. The fraction of sp³-hybridized carbons (Fsp3) is 0.500. The Bertz CT molecular complexity index is 913. The predicted molar refractivity (Wildman–Crippen MR) is 105 cm³/mol. The highest BCUT2D eigenvalue weighted by atomic mass is 16.5. The predicted octanol–water partition coefficient (Wildman–Crippen LogP) is 1.96. The molecule has 2 aromatic rings. The number of rotatable bonds is 5. The van der Waals surface area contributed by atoms with Crippen LogP contribution in [0.1, 0.15) is 32.9 Å². The maximum absolute atomic E-state index is 13.0. The third kappa shape index (κ3) is 2.82. The summed E-state index contributed by atoms with van der Waals surface area (Å²) in [4.78, 5) is 26.0. The first-order valence-corrected chi connectivity index (χ1v) is 9.21. The first-order valence-electron chi connectivity index (χ1n) is 9.21. The SMILES string of the molecule is CCOC1CC(N)(C(=O)Nc2c(C)n(C)n(-c3ccccc3)c2=O)C1(C)C. The number of para-hydroxylation sites is 1. The Morgan fingerprint density at radius 3 is 2.52 bits per heavy atom. The fourth-order valence-corrected chi connectivity index (χ4v) is 3.76. The molecule has 3 N–H and O–H groups in total. The molecule has 146 valence electrons. The van der Waals surface area contributed by atoms with E-state index in [0.29, 0.717) is 18.7 Å². The zero-order valence-corrected chi connectivity index (χ0v) is 16.6. The van der Waals surface area contributed by atoms with Crippen LogP contribution >= 0.6 is 0 Å². The number of hydrogen-bond donors (Lipinski definition) is 2. The van der Waals surface area contributed by atoms with E-state index in [4.69, 9.17) is 10.5 Å². The average molecular weight is 372 g/mol. The van der Waals surface area contributed by atoms with Gasteiger partial charge in [-0.05, 0) is 26.0 Å². The molecule has 1 saturated carbocycles. The highest BCUT2D eigenvalue weighted by Crippen LogP contribution is 2.50. The number of anilines is 1. The van der Waals surface area contributed by atoms with Crippen LogP contribution in [0.5, 0.6) is 0 Å². The molecule has 0 radical (unpaired) electrons. The van der Waals surface area contributed by atoms with Crippen molar-refractivity contribution in [3.05, 3.63) is 46.4 Å². The molecular weight excluding hydrogens is 344 g/mol. The van der Waals surface area contributed by atoms with Gasteiger partial charge in [-0.1, -0.05) is 32.0 Å². The maximum Gasteiger partial charge on any atom is 0.295 e. The number of benzene rings is 1. The summed E-state index contributed by atoms with van der Waals surface area (Å²) in [6.45, 7) is 8.15. The molecule has 7 nitrogen and oxygen atoms in total. The van der Waals surface area contributed by atoms with Crippen LogP contribution in [0.2, 0.25) is 0 Å². The molecule has 1 amide bonds. The van der Waals surface area contributed by atoms with Crippen molar-refractivity contribution in [2.45, 2.75) is 45.8 Å². The number of nitrogens with zero attached hydrogens (tertiary/aromatic N) is 2. The largest absolute Gasteiger partial charge is 0.378 e. The van der Waals surface area contributed by atoms with Crippen molar-refractivity contribution in [1.29, 1.82) is 0 Å². The fourth-order valence-electron chi connectivity index (χ4n) is 3.76. The minimum atomic E-state index is -1.08. The Labute approximate surface area is 159 Å². The number of carbonyl (C=O) groups excluding carboxylic acids is 1. The molecule has 0 saturated heterocycles. The van der Waals surface area contributed by atoms with Gasteiger partial charge in [-0.25, -0.2) is 4.68 Å². The van der Waals surface area contributed by atoms with Crippen molar-refractivity contribution in [3.63, 3.8) is 0 Å². The van der Waals surface area contributed by atoms with Crippen LogP contribution in [0.3, 0.4) is 0 Å². The number of nitrogens with one attached hydrogen (secondary N) is 1. The van der Waals surface area contributed by atoms with Crippen molar-refractivity contribution in [1.82, 2.24) is 9.36 Å². The molecule has 1 aliphatic rings. The smallest absolute Gasteiger partial charge is 0.295 e. The number of amides is 1. The van der Waals surface area contributed by atoms with Crippen LogP contribution in [-0.2, 0) is 16.6 Å². The normalized spacial score (nSPS) is 23.7. The third-order valence-electron chi connectivity index (χ3n) is 6.03. The zero-order chi connectivity index (χ0) is 20.0. The van der Waals surface area contributed by atoms with Gasteiger partial charge in [-0.3, -0.25) is 14.3 Å². The standard InChI is InChI=1S/C20H28N4O3/c1-6-27-15-12-20(21,19(15,3)4)18(26)22-16-13(2)23(5)24(17(16)25)14-10-8-7-9-11-14/h7-11,15H,6,12,21H2,1-5H3,(H,22,26). The monoisotopic (exact) mass is 372 g/mol. The van der Waals surface area contributed by atoms with E-state index in [1.165, 1.54) is 4.68 Å². The van der Waals surface area contributed by atoms with Crippen LogP contribution in [0.15, 0.2) is 35.1 Å². The van der Waals surface area contributed by atoms with E-state index in [1.54, 1.807) is 18.7 Å². The Hall–Kier alpha value is -2.38. The van der Waals surface area contributed by atoms with Crippen LogP contribution < -0.4 is 16.6 Å². The van der Waals surface area contributed by atoms with Gasteiger partial charge in [-0.15, -0.1) is 0 Å². The summed E-state index contributed by atoms with van der Waals surface area (Å²) >= 11 is 0. The number of hydrogen-bond acceptors (Lipinski definition) is 4. The van der Waals surface area contributed by atoms with Crippen LogP contribution in [-0.4, -0.2) is 33.5 Å². The molecule has 2 atom stereocenters. The van der Waals surface area contributed by atoms with Crippen molar-refractivity contribution >= 4 is 11.6 Å². The van der Waals surface area contributed by atoms with Crippen molar-refractivity contribution in [3.8, 4) is 5.69 Å². The van der Waals surface area contributed by atoms with Gasteiger partial charge in [0.25, 0.3) is 5.56 Å². The van der Waals surface area contributed by atoms with Crippen LogP contribution in [0.25, 0.3) is 5.69 Å². The van der Waals surface area contributed by atoms with Crippen LogP contribution in [0.4, 0.5) is 5.69 Å². The topological polar surface area (TPSA) is 91.3 Å². The molecule has 0 bridgehead atoms. The first-order chi connectivity index (χ1) is 12.6. The second kappa shape index (κ2) is 6.65.